The summed E-state index contributed by atoms with van der Waals surface area (Å²) in [5, 5.41) is 15.8. The summed E-state index contributed by atoms with van der Waals surface area (Å²) in [5.74, 6) is 1.74. The van der Waals surface area contributed by atoms with Crippen molar-refractivity contribution in [1.82, 2.24) is 4.57 Å². The summed E-state index contributed by atoms with van der Waals surface area (Å²) in [7, 11) is 2.17. The molecule has 5 heteroatoms. The second-order valence-corrected chi connectivity index (χ2v) is 13.7. The third-order valence-electron chi connectivity index (χ3n) is 10.6. The number of furan rings is 1. The minimum atomic E-state index is 0.223. The van der Waals surface area contributed by atoms with Gasteiger partial charge in [-0.05, 0) is 99.4 Å². The highest BCUT2D eigenvalue weighted by atomic mass is 16.5. The van der Waals surface area contributed by atoms with Crippen LogP contribution in [-0.4, -0.2) is 17.0 Å². The van der Waals surface area contributed by atoms with Crippen molar-refractivity contribution >= 4 is 61.9 Å². The molecule has 0 atom stereocenters. The van der Waals surface area contributed by atoms with Gasteiger partial charge in [-0.2, -0.15) is 0 Å². The Labute approximate surface area is 306 Å². The van der Waals surface area contributed by atoms with Gasteiger partial charge < -0.3 is 18.8 Å². The van der Waals surface area contributed by atoms with Crippen LogP contribution in [0.2, 0.25) is 0 Å². The fourth-order valence-corrected chi connectivity index (χ4v) is 8.08. The minimum absolute atomic E-state index is 0.223. The van der Waals surface area contributed by atoms with E-state index in [9.17, 15) is 5.11 Å². The number of nitrogens with zero attached hydrogens (tertiary/aromatic N) is 1. The molecular weight excluding hydrogens is 649 g/mol. The molecule has 0 amide bonds. The van der Waals surface area contributed by atoms with E-state index in [2.05, 4.69) is 139 Å². The molecule has 2 aromatic heterocycles. The van der Waals surface area contributed by atoms with Crippen LogP contribution >= 0.6 is 0 Å². The first kappa shape index (κ1) is 29.7. The van der Waals surface area contributed by atoms with Gasteiger partial charge in [0.25, 0.3) is 0 Å². The number of benzene rings is 8. The Balaban J connectivity index is 1.04. The molecule has 0 saturated carbocycles. The number of phenolic OH excluding ortho intramolecular Hbond substituents is 1. The molecule has 0 saturated heterocycles. The van der Waals surface area contributed by atoms with E-state index >= 15 is 0 Å². The largest absolute Gasteiger partial charge is 0.507 e. The Hall–Kier alpha value is -6.98. The van der Waals surface area contributed by atoms with Crippen LogP contribution < -0.4 is 15.7 Å². The molecule has 1 aliphatic heterocycles. The molecule has 0 bridgehead atoms. The smallest absolute Gasteiger partial charge is 0.202 e. The molecule has 0 spiro atoms. The molecule has 8 aromatic carbocycles. The molecule has 247 valence electrons. The molecule has 0 aliphatic carbocycles. The van der Waals surface area contributed by atoms with Gasteiger partial charge in [-0.25, -0.2) is 0 Å². The molecule has 3 heterocycles. The van der Waals surface area contributed by atoms with Crippen molar-refractivity contribution in [3.63, 3.8) is 0 Å². The number of aromatic nitrogens is 1. The Morgan fingerprint density at radius 3 is 1.94 bits per heavy atom. The van der Waals surface area contributed by atoms with Crippen molar-refractivity contribution in [2.24, 2.45) is 0 Å². The van der Waals surface area contributed by atoms with Gasteiger partial charge in [-0.1, -0.05) is 103 Å². The number of para-hydroxylation sites is 4. The summed E-state index contributed by atoms with van der Waals surface area (Å²) in [5.41, 5.74) is 12.8. The molecule has 1 N–H and O–H groups in total. The first-order chi connectivity index (χ1) is 26.2. The van der Waals surface area contributed by atoms with Crippen LogP contribution in [0.3, 0.4) is 0 Å². The molecule has 1 radical (unpaired) electrons. The van der Waals surface area contributed by atoms with E-state index in [1.807, 2.05) is 36.4 Å². The predicted octanol–water partition coefficient (Wildman–Crippen LogP) is 11.2. The standard InChI is InChI=1S/C48H29BNO3/c51-43-18-7-3-14-36(43)39-25-32(30-11-9-10-29(24-30)31-20-22-38-37-15-4-8-19-44(37)52-45(38)26-31)27-47-48(39)49-40-23-21-33(28-46(40)53-47)50-41-16-5-1-12-34(41)35-13-2-6-17-42(35)50/h1-28,51H. The Bertz CT molecular complexity index is 3050. The number of phenols is 1. The van der Waals surface area contributed by atoms with Crippen molar-refractivity contribution in [1.29, 1.82) is 0 Å². The fraction of sp³-hybridized carbons (Fsp3) is 0. The van der Waals surface area contributed by atoms with Gasteiger partial charge in [0.05, 0.1) is 11.0 Å². The van der Waals surface area contributed by atoms with Gasteiger partial charge in [0.15, 0.2) is 0 Å². The summed E-state index contributed by atoms with van der Waals surface area (Å²) >= 11 is 0. The van der Waals surface area contributed by atoms with E-state index in [1.165, 1.54) is 10.8 Å². The maximum absolute atomic E-state index is 11.1. The van der Waals surface area contributed by atoms with Crippen molar-refractivity contribution < 1.29 is 14.3 Å². The number of rotatable bonds is 4. The first-order valence-electron chi connectivity index (χ1n) is 17.8. The van der Waals surface area contributed by atoms with E-state index in [-0.39, 0.29) is 5.75 Å². The SMILES string of the molecule is Oc1ccccc1-c1cc(-c2cccc(-c3ccc4c(c3)oc3ccccc34)c2)cc2c1[B]c1ccc(-n3c4ccccc4c4ccccc43)cc1O2. The molecule has 0 fully saturated rings. The average molecular weight is 679 g/mol. The zero-order valence-electron chi connectivity index (χ0n) is 28.5. The highest BCUT2D eigenvalue weighted by Gasteiger charge is 2.25. The number of aromatic hydroxyl groups is 1. The van der Waals surface area contributed by atoms with Gasteiger partial charge in [0.2, 0.25) is 7.28 Å². The third kappa shape index (κ3) is 4.71. The van der Waals surface area contributed by atoms with Crippen LogP contribution in [0.15, 0.2) is 174 Å². The lowest BCUT2D eigenvalue weighted by atomic mass is 9.59. The first-order valence-corrected chi connectivity index (χ1v) is 17.8. The normalized spacial score (nSPS) is 12.2. The third-order valence-corrected chi connectivity index (χ3v) is 10.6. The Kier molecular flexibility index (Phi) is 6.46. The van der Waals surface area contributed by atoms with E-state index in [0.29, 0.717) is 0 Å². The van der Waals surface area contributed by atoms with E-state index in [1.54, 1.807) is 6.07 Å². The molecular formula is C48H29BNO3. The molecule has 10 aromatic rings. The maximum atomic E-state index is 11.1. The van der Waals surface area contributed by atoms with Crippen LogP contribution in [0.1, 0.15) is 0 Å². The van der Waals surface area contributed by atoms with Gasteiger partial charge in [0.1, 0.15) is 28.4 Å². The molecule has 0 unspecified atom stereocenters. The van der Waals surface area contributed by atoms with Gasteiger partial charge in [-0.3, -0.25) is 0 Å². The average Bonchev–Trinajstić information content (AvgIpc) is 3.75. The lowest BCUT2D eigenvalue weighted by Crippen LogP contribution is -2.35. The number of ether oxygens (including phenoxy) is 1. The second kappa shape index (κ2) is 11.5. The predicted molar refractivity (Wildman–Crippen MR) is 218 cm³/mol. The van der Waals surface area contributed by atoms with E-state index < -0.39 is 0 Å². The number of hydrogen-bond acceptors (Lipinski definition) is 3. The number of hydrogen-bond donors (Lipinski definition) is 1. The van der Waals surface area contributed by atoms with E-state index in [4.69, 9.17) is 9.15 Å². The zero-order chi connectivity index (χ0) is 35.0. The molecule has 11 rings (SSSR count). The van der Waals surface area contributed by atoms with E-state index in [0.717, 1.165) is 94.5 Å². The van der Waals surface area contributed by atoms with Gasteiger partial charge in [-0.15, -0.1) is 0 Å². The Morgan fingerprint density at radius 2 is 1.13 bits per heavy atom. The molecule has 4 nitrogen and oxygen atoms in total. The monoisotopic (exact) mass is 678 g/mol. The van der Waals surface area contributed by atoms with Crippen molar-refractivity contribution in [3.05, 3.63) is 170 Å². The van der Waals surface area contributed by atoms with Gasteiger partial charge >= 0.3 is 0 Å². The van der Waals surface area contributed by atoms with Crippen molar-refractivity contribution in [2.45, 2.75) is 0 Å². The minimum Gasteiger partial charge on any atom is -0.507 e. The lowest BCUT2D eigenvalue weighted by Gasteiger charge is -2.25. The summed E-state index contributed by atoms with van der Waals surface area (Å²) in [6, 6.07) is 58.4. The van der Waals surface area contributed by atoms with Crippen LogP contribution in [0, 0.1) is 0 Å². The van der Waals surface area contributed by atoms with Crippen LogP contribution in [0.5, 0.6) is 17.2 Å². The highest BCUT2D eigenvalue weighted by Crippen LogP contribution is 2.39. The van der Waals surface area contributed by atoms with Crippen LogP contribution in [0.4, 0.5) is 0 Å². The Morgan fingerprint density at radius 1 is 0.453 bits per heavy atom. The summed E-state index contributed by atoms with van der Waals surface area (Å²) in [4.78, 5) is 0. The fourth-order valence-electron chi connectivity index (χ4n) is 8.08. The highest BCUT2D eigenvalue weighted by molar-refractivity contribution is 6.71. The molecule has 53 heavy (non-hydrogen) atoms. The van der Waals surface area contributed by atoms with Gasteiger partial charge in [0, 0.05) is 38.9 Å². The molecule has 1 aliphatic rings. The topological polar surface area (TPSA) is 47.5 Å². The van der Waals surface area contributed by atoms with Crippen LogP contribution in [-0.2, 0) is 0 Å². The zero-order valence-corrected chi connectivity index (χ0v) is 28.5. The van der Waals surface area contributed by atoms with Crippen molar-refractivity contribution in [3.8, 4) is 56.3 Å². The summed E-state index contributed by atoms with van der Waals surface area (Å²) < 4.78 is 15.4. The summed E-state index contributed by atoms with van der Waals surface area (Å²) in [6.45, 7) is 0. The number of fused-ring (bicyclic) bond motifs is 8. The second-order valence-electron chi connectivity index (χ2n) is 13.7. The summed E-state index contributed by atoms with van der Waals surface area (Å²) in [6.07, 6.45) is 0. The van der Waals surface area contributed by atoms with Crippen LogP contribution in [0.25, 0.3) is 82.8 Å². The quantitative estimate of drug-likeness (QED) is 0.189. The maximum Gasteiger partial charge on any atom is 0.202 e. The van der Waals surface area contributed by atoms with Crippen molar-refractivity contribution in [2.75, 3.05) is 0 Å². The lowest BCUT2D eigenvalue weighted by molar-refractivity contribution is 0.477.